The molecule has 0 fully saturated rings. The molecule has 3 nitrogen and oxygen atoms in total. The molecule has 60 valence electrons. The third-order valence-electron chi connectivity index (χ3n) is 1.45. The van der Waals surface area contributed by atoms with Crippen LogP contribution in [0, 0.1) is 11.3 Å². The van der Waals surface area contributed by atoms with Gasteiger partial charge in [0.2, 0.25) is 0 Å². The monoisotopic (exact) mass is 161 g/mol. The maximum atomic E-state index is 10.8. The molecule has 0 bridgehead atoms. The van der Waals surface area contributed by atoms with E-state index >= 15 is 0 Å². The van der Waals surface area contributed by atoms with Crippen molar-refractivity contribution in [3.05, 3.63) is 29.8 Å². The Balaban J connectivity index is 2.94. The topological polar surface area (TPSA) is 50.1 Å². The molecule has 0 aliphatic rings. The predicted octanol–water partition coefficient (Wildman–Crippen LogP) is 1.40. The van der Waals surface area contributed by atoms with E-state index in [1.54, 1.807) is 31.4 Å². The Bertz CT molecular complexity index is 321. The van der Waals surface area contributed by atoms with E-state index in [4.69, 9.17) is 10.00 Å². The number of benzene rings is 1. The molecule has 1 aromatic carbocycles. The minimum absolute atomic E-state index is 0.387. The highest BCUT2D eigenvalue weighted by atomic mass is 16.5. The van der Waals surface area contributed by atoms with Crippen LogP contribution in [0.5, 0.6) is 5.75 Å². The van der Waals surface area contributed by atoms with Gasteiger partial charge in [0.05, 0.1) is 7.11 Å². The van der Waals surface area contributed by atoms with Crippen molar-refractivity contribution in [1.82, 2.24) is 0 Å². The molecule has 1 aromatic rings. The van der Waals surface area contributed by atoms with Gasteiger partial charge in [0.1, 0.15) is 11.8 Å². The second-order valence-corrected chi connectivity index (χ2v) is 2.17. The first-order valence-electron chi connectivity index (χ1n) is 3.36. The molecule has 0 amide bonds. The van der Waals surface area contributed by atoms with Gasteiger partial charge in [-0.15, -0.1) is 0 Å². The molecule has 0 radical (unpaired) electrons. The Morgan fingerprint density at radius 2 is 2.00 bits per heavy atom. The molecule has 1 rings (SSSR count). The molecule has 3 heteroatoms. The van der Waals surface area contributed by atoms with Crippen LogP contribution < -0.4 is 4.74 Å². The second kappa shape index (κ2) is 3.54. The van der Waals surface area contributed by atoms with E-state index in [0.717, 1.165) is 0 Å². The Labute approximate surface area is 70.2 Å². The van der Waals surface area contributed by atoms with Gasteiger partial charge in [-0.25, -0.2) is 0 Å². The van der Waals surface area contributed by atoms with Crippen LogP contribution >= 0.6 is 0 Å². The van der Waals surface area contributed by atoms with Crippen molar-refractivity contribution in [2.45, 2.75) is 0 Å². The van der Waals surface area contributed by atoms with Crippen LogP contribution in [-0.2, 0) is 0 Å². The van der Waals surface area contributed by atoms with E-state index in [2.05, 4.69) is 0 Å². The minimum Gasteiger partial charge on any atom is -0.497 e. The van der Waals surface area contributed by atoms with Gasteiger partial charge in [0.15, 0.2) is 0 Å². The Hall–Kier alpha value is -1.82. The summed E-state index contributed by atoms with van der Waals surface area (Å²) >= 11 is 0. The van der Waals surface area contributed by atoms with E-state index in [9.17, 15) is 4.79 Å². The normalized spacial score (nSPS) is 8.67. The highest BCUT2D eigenvalue weighted by Crippen LogP contribution is 2.11. The molecule has 0 aliphatic heterocycles. The van der Waals surface area contributed by atoms with E-state index < -0.39 is 5.78 Å². The number of ketones is 1. The SMILES string of the molecule is COc1ccc(C(=O)C#N)cc1. The lowest BCUT2D eigenvalue weighted by Gasteiger charge is -1.98. The van der Waals surface area contributed by atoms with Crippen molar-refractivity contribution in [2.75, 3.05) is 7.11 Å². The molecule has 0 spiro atoms. The summed E-state index contributed by atoms with van der Waals surface area (Å²) in [4.78, 5) is 10.8. The fourth-order valence-electron chi connectivity index (χ4n) is 0.807. The van der Waals surface area contributed by atoms with Gasteiger partial charge >= 0.3 is 0 Å². The highest BCUT2D eigenvalue weighted by Gasteiger charge is 2.02. The van der Waals surface area contributed by atoms with Crippen LogP contribution in [0.15, 0.2) is 24.3 Å². The number of carbonyl (C=O) groups excluding carboxylic acids is 1. The second-order valence-electron chi connectivity index (χ2n) is 2.17. The fourth-order valence-corrected chi connectivity index (χ4v) is 0.807. The van der Waals surface area contributed by atoms with Gasteiger partial charge in [-0.3, -0.25) is 4.79 Å². The first kappa shape index (κ1) is 8.28. The molecule has 0 heterocycles. The number of ether oxygens (including phenoxy) is 1. The highest BCUT2D eigenvalue weighted by molar-refractivity contribution is 6.07. The first-order valence-corrected chi connectivity index (χ1v) is 3.36. The lowest BCUT2D eigenvalue weighted by Crippen LogP contribution is -1.93. The first-order chi connectivity index (χ1) is 5.77. The van der Waals surface area contributed by atoms with Crippen LogP contribution in [0.1, 0.15) is 10.4 Å². The third-order valence-corrected chi connectivity index (χ3v) is 1.45. The number of hydrogen-bond acceptors (Lipinski definition) is 3. The molecule has 0 aromatic heterocycles. The number of rotatable bonds is 2. The number of carbonyl (C=O) groups is 1. The molecule has 0 aliphatic carbocycles. The minimum atomic E-state index is -0.530. The largest absolute Gasteiger partial charge is 0.497 e. The molecule has 0 saturated carbocycles. The zero-order valence-electron chi connectivity index (χ0n) is 6.57. The smallest absolute Gasteiger partial charge is 0.262 e. The summed E-state index contributed by atoms with van der Waals surface area (Å²) in [6.07, 6.45) is 0. The van der Waals surface area contributed by atoms with Gasteiger partial charge in [-0.05, 0) is 24.3 Å². The third kappa shape index (κ3) is 1.61. The number of methoxy groups -OCH3 is 1. The molecule has 0 unspecified atom stereocenters. The van der Waals surface area contributed by atoms with Crippen LogP contribution in [0.25, 0.3) is 0 Å². The maximum Gasteiger partial charge on any atom is 0.262 e. The Morgan fingerprint density at radius 3 is 2.42 bits per heavy atom. The van der Waals surface area contributed by atoms with Gasteiger partial charge in [0.25, 0.3) is 5.78 Å². The van der Waals surface area contributed by atoms with Crippen molar-refractivity contribution in [3.63, 3.8) is 0 Å². The van der Waals surface area contributed by atoms with Crippen molar-refractivity contribution in [3.8, 4) is 11.8 Å². The molecule has 12 heavy (non-hydrogen) atoms. The molecular formula is C9H7NO2. The lowest BCUT2D eigenvalue weighted by molar-refractivity contribution is 0.105. The maximum absolute atomic E-state index is 10.8. The number of nitrogens with zero attached hydrogens (tertiary/aromatic N) is 1. The zero-order chi connectivity index (χ0) is 8.97. The summed E-state index contributed by atoms with van der Waals surface area (Å²) in [6, 6.07) is 7.95. The van der Waals surface area contributed by atoms with Gasteiger partial charge in [0, 0.05) is 5.56 Å². The average molecular weight is 161 g/mol. The van der Waals surface area contributed by atoms with E-state index in [-0.39, 0.29) is 0 Å². The van der Waals surface area contributed by atoms with Crippen LogP contribution in [0.4, 0.5) is 0 Å². The summed E-state index contributed by atoms with van der Waals surface area (Å²) in [5, 5.41) is 8.28. The fraction of sp³-hybridized carbons (Fsp3) is 0.111. The Kier molecular flexibility index (Phi) is 2.44. The summed E-state index contributed by atoms with van der Waals surface area (Å²) in [5.74, 6) is 0.141. The number of hydrogen-bond donors (Lipinski definition) is 0. The predicted molar refractivity (Wildman–Crippen MR) is 42.9 cm³/mol. The van der Waals surface area contributed by atoms with E-state index in [0.29, 0.717) is 11.3 Å². The van der Waals surface area contributed by atoms with Crippen LogP contribution in [0.2, 0.25) is 0 Å². The van der Waals surface area contributed by atoms with Crippen molar-refractivity contribution >= 4 is 5.78 Å². The molecular weight excluding hydrogens is 154 g/mol. The number of Topliss-reactive ketones (excluding diaryl/α,β-unsaturated/α-hetero) is 1. The Morgan fingerprint density at radius 1 is 1.42 bits per heavy atom. The van der Waals surface area contributed by atoms with Gasteiger partial charge < -0.3 is 4.74 Å². The van der Waals surface area contributed by atoms with E-state index in [1.807, 2.05) is 0 Å². The van der Waals surface area contributed by atoms with Crippen LogP contribution in [-0.4, -0.2) is 12.9 Å². The summed E-state index contributed by atoms with van der Waals surface area (Å²) in [5.41, 5.74) is 0.387. The van der Waals surface area contributed by atoms with Crippen molar-refractivity contribution < 1.29 is 9.53 Å². The lowest BCUT2D eigenvalue weighted by atomic mass is 10.1. The van der Waals surface area contributed by atoms with Crippen molar-refractivity contribution in [2.24, 2.45) is 0 Å². The standard InChI is InChI=1S/C9H7NO2/c1-12-8-4-2-7(3-5-8)9(11)6-10/h2-5H,1H3. The van der Waals surface area contributed by atoms with Crippen LogP contribution in [0.3, 0.4) is 0 Å². The van der Waals surface area contributed by atoms with E-state index in [1.165, 1.54) is 6.07 Å². The average Bonchev–Trinajstić information content (AvgIpc) is 2.17. The van der Waals surface area contributed by atoms with Gasteiger partial charge in [-0.1, -0.05) is 0 Å². The summed E-state index contributed by atoms with van der Waals surface area (Å²) < 4.78 is 4.89. The molecule has 0 atom stereocenters. The molecule has 0 N–H and O–H groups in total. The summed E-state index contributed by atoms with van der Waals surface area (Å²) in [6.45, 7) is 0. The van der Waals surface area contributed by atoms with Crippen molar-refractivity contribution in [1.29, 1.82) is 5.26 Å². The van der Waals surface area contributed by atoms with Gasteiger partial charge in [-0.2, -0.15) is 5.26 Å². The zero-order valence-corrected chi connectivity index (χ0v) is 6.57. The quantitative estimate of drug-likeness (QED) is 0.486. The molecule has 0 saturated heterocycles. The number of nitriles is 1. The summed E-state index contributed by atoms with van der Waals surface area (Å²) in [7, 11) is 1.54.